The lowest BCUT2D eigenvalue weighted by atomic mass is 9.95. The van der Waals surface area contributed by atoms with Crippen molar-refractivity contribution in [1.29, 1.82) is 0 Å². The lowest BCUT2D eigenvalue weighted by Gasteiger charge is -2.20. The Hall–Kier alpha value is -2.15. The summed E-state index contributed by atoms with van der Waals surface area (Å²) in [6.07, 6.45) is 0.597. The van der Waals surface area contributed by atoms with Crippen LogP contribution in [0.2, 0.25) is 0 Å². The average molecular weight is 352 g/mol. The van der Waals surface area contributed by atoms with Crippen LogP contribution in [0.1, 0.15) is 37.7 Å². The van der Waals surface area contributed by atoms with Gasteiger partial charge in [-0.05, 0) is 34.1 Å². The zero-order chi connectivity index (χ0) is 18.1. The number of carbonyl (C=O) groups is 1. The van der Waals surface area contributed by atoms with Crippen molar-refractivity contribution in [2.75, 3.05) is 11.2 Å². The van der Waals surface area contributed by atoms with Crippen LogP contribution in [0.4, 0.5) is 5.82 Å². The van der Waals surface area contributed by atoms with Crippen molar-refractivity contribution >= 4 is 23.3 Å². The molecule has 8 heteroatoms. The maximum atomic E-state index is 12.4. The number of carbonyl (C=O) groups excluding carboxylic acids is 1. The maximum absolute atomic E-state index is 12.4. The fourth-order valence-electron chi connectivity index (χ4n) is 2.21. The number of hydrogen-bond acceptors (Lipinski definition) is 4. The lowest BCUT2D eigenvalue weighted by molar-refractivity contribution is -0.123. The summed E-state index contributed by atoms with van der Waals surface area (Å²) in [7, 11) is 0. The van der Waals surface area contributed by atoms with E-state index in [4.69, 9.17) is 11.6 Å². The first kappa shape index (κ1) is 18.2. The van der Waals surface area contributed by atoms with E-state index in [0.717, 1.165) is 0 Å². The fourth-order valence-corrected chi connectivity index (χ4v) is 2.33. The highest BCUT2D eigenvalue weighted by Gasteiger charge is 2.28. The molecule has 0 unspecified atom stereocenters. The Morgan fingerprint density at radius 2 is 2.08 bits per heavy atom. The summed E-state index contributed by atoms with van der Waals surface area (Å²) < 4.78 is 1.42. The highest BCUT2D eigenvalue weighted by atomic mass is 35.5. The van der Waals surface area contributed by atoms with Crippen LogP contribution in [0.3, 0.4) is 0 Å². The zero-order valence-electron chi connectivity index (χ0n) is 14.5. The van der Waals surface area contributed by atoms with E-state index in [9.17, 15) is 9.59 Å². The molecule has 2 heterocycles. The molecule has 130 valence electrons. The summed E-state index contributed by atoms with van der Waals surface area (Å²) in [5, 5.41) is 7.12. The number of aromatic amines is 1. The Balaban J connectivity index is 2.47. The molecule has 1 amide bonds. The summed E-state index contributed by atoms with van der Waals surface area (Å²) in [5.41, 5.74) is 1.03. The van der Waals surface area contributed by atoms with Gasteiger partial charge in [-0.1, -0.05) is 6.92 Å². The van der Waals surface area contributed by atoms with Gasteiger partial charge in [0.05, 0.1) is 11.1 Å². The van der Waals surface area contributed by atoms with Crippen LogP contribution >= 0.6 is 11.6 Å². The van der Waals surface area contributed by atoms with E-state index in [-0.39, 0.29) is 23.3 Å². The van der Waals surface area contributed by atoms with Crippen molar-refractivity contribution in [3.05, 3.63) is 33.4 Å². The molecule has 0 radical (unpaired) electrons. The summed E-state index contributed by atoms with van der Waals surface area (Å²) in [5.74, 6) is 0.651. The number of nitrogens with zero attached hydrogens (tertiary/aromatic N) is 3. The maximum Gasteiger partial charge on any atom is 0.255 e. The van der Waals surface area contributed by atoms with E-state index in [1.807, 2.05) is 6.92 Å². The Morgan fingerprint density at radius 1 is 1.42 bits per heavy atom. The summed E-state index contributed by atoms with van der Waals surface area (Å²) in [6.45, 7) is 8.98. The summed E-state index contributed by atoms with van der Waals surface area (Å²) >= 11 is 5.85. The number of amides is 1. The fraction of sp³-hybridized carbons (Fsp3) is 0.500. The van der Waals surface area contributed by atoms with Crippen LogP contribution in [0.5, 0.6) is 0 Å². The molecule has 2 rings (SSSR count). The van der Waals surface area contributed by atoms with Crippen molar-refractivity contribution in [1.82, 2.24) is 19.7 Å². The van der Waals surface area contributed by atoms with Gasteiger partial charge >= 0.3 is 0 Å². The molecule has 2 aromatic rings. The molecule has 2 N–H and O–H groups in total. The predicted molar refractivity (Wildman–Crippen MR) is 94.0 cm³/mol. The van der Waals surface area contributed by atoms with Gasteiger partial charge in [0.15, 0.2) is 0 Å². The average Bonchev–Trinajstić information content (AvgIpc) is 2.87. The SMILES string of the molecule is CCc1c(C)nc(-n2nc(C)cc2NC(=O)C(C)(C)CCl)[nH]c1=O. The number of alkyl halides is 1. The lowest BCUT2D eigenvalue weighted by Crippen LogP contribution is -2.33. The molecule has 2 aromatic heterocycles. The van der Waals surface area contributed by atoms with Crippen molar-refractivity contribution in [3.63, 3.8) is 0 Å². The third-order valence-electron chi connectivity index (χ3n) is 3.79. The molecule has 0 aliphatic heterocycles. The van der Waals surface area contributed by atoms with Crippen LogP contribution < -0.4 is 10.9 Å². The van der Waals surface area contributed by atoms with Crippen LogP contribution in [-0.2, 0) is 11.2 Å². The van der Waals surface area contributed by atoms with E-state index >= 15 is 0 Å². The Bertz CT molecular complexity index is 822. The number of aromatic nitrogens is 4. The van der Waals surface area contributed by atoms with Gasteiger partial charge in [-0.15, -0.1) is 11.6 Å². The van der Waals surface area contributed by atoms with Crippen LogP contribution in [0.25, 0.3) is 5.95 Å². The normalized spacial score (nSPS) is 11.6. The second kappa shape index (κ2) is 6.76. The van der Waals surface area contributed by atoms with Gasteiger partial charge in [-0.3, -0.25) is 14.6 Å². The van der Waals surface area contributed by atoms with E-state index in [1.54, 1.807) is 33.8 Å². The molecule has 0 saturated heterocycles. The van der Waals surface area contributed by atoms with Gasteiger partial charge in [0.2, 0.25) is 11.9 Å². The quantitative estimate of drug-likeness (QED) is 0.808. The third-order valence-corrected chi connectivity index (χ3v) is 4.45. The van der Waals surface area contributed by atoms with Crippen molar-refractivity contribution in [2.24, 2.45) is 5.41 Å². The smallest absolute Gasteiger partial charge is 0.255 e. The largest absolute Gasteiger partial charge is 0.310 e. The number of hydrogen-bond donors (Lipinski definition) is 2. The van der Waals surface area contributed by atoms with Crippen molar-refractivity contribution < 1.29 is 4.79 Å². The standard InChI is InChI=1S/C16H22ClN5O2/c1-6-11-10(3)18-15(20-13(11)23)22-12(7-9(2)21-22)19-14(24)16(4,5)8-17/h7H,6,8H2,1-5H3,(H,19,24)(H,18,20,23). The van der Waals surface area contributed by atoms with E-state index in [0.29, 0.717) is 29.2 Å². The first-order valence-corrected chi connectivity index (χ1v) is 8.27. The van der Waals surface area contributed by atoms with Crippen molar-refractivity contribution in [2.45, 2.75) is 41.0 Å². The van der Waals surface area contributed by atoms with Gasteiger partial charge in [-0.2, -0.15) is 9.78 Å². The number of rotatable bonds is 5. The minimum atomic E-state index is -0.729. The Kier molecular flexibility index (Phi) is 5.13. The number of H-pyrrole nitrogens is 1. The minimum absolute atomic E-state index is 0.186. The molecule has 24 heavy (non-hydrogen) atoms. The highest BCUT2D eigenvalue weighted by molar-refractivity contribution is 6.20. The number of anilines is 1. The van der Waals surface area contributed by atoms with E-state index < -0.39 is 5.41 Å². The van der Waals surface area contributed by atoms with Crippen LogP contribution in [-0.4, -0.2) is 31.5 Å². The number of nitrogens with one attached hydrogen (secondary N) is 2. The van der Waals surface area contributed by atoms with Gasteiger partial charge in [0, 0.05) is 23.2 Å². The van der Waals surface area contributed by atoms with Crippen LogP contribution in [0, 0.1) is 19.3 Å². The number of halogens is 1. The molecule has 0 bridgehead atoms. The summed E-state index contributed by atoms with van der Waals surface area (Å²) in [6, 6.07) is 1.71. The molecule has 0 saturated carbocycles. The van der Waals surface area contributed by atoms with Gasteiger partial charge in [0.25, 0.3) is 5.56 Å². The molecule has 0 fully saturated rings. The second-order valence-corrected chi connectivity index (χ2v) is 6.63. The van der Waals surface area contributed by atoms with E-state index in [1.165, 1.54) is 4.68 Å². The predicted octanol–water partition coefficient (Wildman–Crippen LogP) is 2.34. The topological polar surface area (TPSA) is 92.7 Å². The van der Waals surface area contributed by atoms with Crippen LogP contribution in [0.15, 0.2) is 10.9 Å². The first-order chi connectivity index (χ1) is 11.2. The minimum Gasteiger partial charge on any atom is -0.310 e. The zero-order valence-corrected chi connectivity index (χ0v) is 15.3. The third kappa shape index (κ3) is 3.51. The first-order valence-electron chi connectivity index (χ1n) is 7.74. The van der Waals surface area contributed by atoms with Gasteiger partial charge in [0.1, 0.15) is 5.82 Å². The van der Waals surface area contributed by atoms with Gasteiger partial charge < -0.3 is 5.32 Å². The monoisotopic (exact) mass is 351 g/mol. The molecule has 7 nitrogen and oxygen atoms in total. The Labute approximate surface area is 145 Å². The van der Waals surface area contributed by atoms with Crippen molar-refractivity contribution in [3.8, 4) is 5.95 Å². The molecular formula is C16H22ClN5O2. The molecule has 0 aromatic carbocycles. The molecule has 0 spiro atoms. The number of aryl methyl sites for hydroxylation is 2. The van der Waals surface area contributed by atoms with E-state index in [2.05, 4.69) is 20.4 Å². The second-order valence-electron chi connectivity index (χ2n) is 6.36. The highest BCUT2D eigenvalue weighted by Crippen LogP contribution is 2.22. The Morgan fingerprint density at radius 3 is 2.62 bits per heavy atom. The molecule has 0 aliphatic rings. The summed E-state index contributed by atoms with van der Waals surface area (Å²) in [4.78, 5) is 31.7. The molecule has 0 atom stereocenters. The molecular weight excluding hydrogens is 330 g/mol. The van der Waals surface area contributed by atoms with Gasteiger partial charge in [-0.25, -0.2) is 4.98 Å². The molecule has 0 aliphatic carbocycles.